The Balaban J connectivity index is 1.52. The van der Waals surface area contributed by atoms with Gasteiger partial charge >= 0.3 is 6.03 Å². The Hall–Kier alpha value is -3.54. The number of hydrogen-bond donors (Lipinski definition) is 2. The van der Waals surface area contributed by atoms with Crippen LogP contribution in [0.5, 0.6) is 17.2 Å². The van der Waals surface area contributed by atoms with E-state index in [1.807, 2.05) is 43.3 Å². The molecule has 6 heteroatoms. The molecule has 3 aromatic rings. The van der Waals surface area contributed by atoms with Crippen LogP contribution in [0, 0.1) is 0 Å². The molecule has 0 atom stereocenters. The van der Waals surface area contributed by atoms with Crippen LogP contribution in [0.2, 0.25) is 0 Å². The van der Waals surface area contributed by atoms with E-state index in [9.17, 15) is 4.79 Å². The van der Waals surface area contributed by atoms with Gasteiger partial charge in [-0.15, -0.1) is 0 Å². The van der Waals surface area contributed by atoms with E-state index in [0.29, 0.717) is 30.3 Å². The number of anilines is 1. The molecule has 3 rings (SSSR count). The number of carbonyl (C=O) groups is 1. The van der Waals surface area contributed by atoms with E-state index >= 15 is 0 Å². The van der Waals surface area contributed by atoms with Gasteiger partial charge in [-0.05, 0) is 61.0 Å². The molecule has 0 saturated carbocycles. The second-order valence-corrected chi connectivity index (χ2v) is 5.70. The van der Waals surface area contributed by atoms with Crippen LogP contribution >= 0.6 is 0 Å². The third kappa shape index (κ3) is 5.74. The highest BCUT2D eigenvalue weighted by molar-refractivity contribution is 5.89. The third-order valence-electron chi connectivity index (χ3n) is 3.66. The average Bonchev–Trinajstić information content (AvgIpc) is 2.69. The van der Waals surface area contributed by atoms with E-state index in [1.165, 1.54) is 0 Å². The monoisotopic (exact) mass is 363 g/mol. The SMILES string of the molecule is CCOc1ccc(NC(=O)NCc2cccc(Oc3ccncc3)c2)cc1. The summed E-state index contributed by atoms with van der Waals surface area (Å²) in [7, 11) is 0. The van der Waals surface area contributed by atoms with Gasteiger partial charge in [0.1, 0.15) is 17.2 Å². The van der Waals surface area contributed by atoms with Crippen LogP contribution in [0.3, 0.4) is 0 Å². The zero-order valence-corrected chi connectivity index (χ0v) is 15.0. The number of rotatable bonds is 7. The lowest BCUT2D eigenvalue weighted by Crippen LogP contribution is -2.28. The first-order valence-corrected chi connectivity index (χ1v) is 8.67. The number of amides is 2. The highest BCUT2D eigenvalue weighted by Gasteiger charge is 2.04. The molecule has 0 radical (unpaired) electrons. The molecule has 0 aliphatic heterocycles. The lowest BCUT2D eigenvalue weighted by Gasteiger charge is -2.10. The number of nitrogens with zero attached hydrogens (tertiary/aromatic N) is 1. The summed E-state index contributed by atoms with van der Waals surface area (Å²) < 4.78 is 11.2. The standard InChI is InChI=1S/C21H21N3O3/c1-2-26-18-8-6-17(7-9-18)24-21(25)23-15-16-4-3-5-20(14-16)27-19-10-12-22-13-11-19/h3-14H,2,15H2,1H3,(H2,23,24,25). The number of benzene rings is 2. The maximum atomic E-state index is 12.1. The Bertz CT molecular complexity index is 867. The summed E-state index contributed by atoms with van der Waals surface area (Å²) in [6, 6.07) is 18.1. The Morgan fingerprint density at radius 3 is 2.48 bits per heavy atom. The molecule has 27 heavy (non-hydrogen) atoms. The lowest BCUT2D eigenvalue weighted by molar-refractivity contribution is 0.251. The summed E-state index contributed by atoms with van der Waals surface area (Å²) in [5, 5.41) is 5.62. The first kappa shape index (κ1) is 18.3. The molecule has 0 saturated heterocycles. The molecule has 6 nitrogen and oxygen atoms in total. The van der Waals surface area contributed by atoms with Crippen LogP contribution in [0.1, 0.15) is 12.5 Å². The summed E-state index contributed by atoms with van der Waals surface area (Å²) in [5.74, 6) is 2.19. The van der Waals surface area contributed by atoms with Gasteiger partial charge in [0.15, 0.2) is 0 Å². The molecule has 0 bridgehead atoms. The van der Waals surface area contributed by atoms with Crippen molar-refractivity contribution in [2.75, 3.05) is 11.9 Å². The molecule has 0 spiro atoms. The molecule has 0 unspecified atom stereocenters. The number of carbonyl (C=O) groups excluding carboxylic acids is 1. The number of aromatic nitrogens is 1. The predicted octanol–water partition coefficient (Wildman–Crippen LogP) is 4.59. The number of hydrogen-bond acceptors (Lipinski definition) is 4. The summed E-state index contributed by atoms with van der Waals surface area (Å²) in [6.45, 7) is 2.92. The van der Waals surface area contributed by atoms with Gasteiger partial charge in [-0.2, -0.15) is 0 Å². The largest absolute Gasteiger partial charge is 0.494 e. The van der Waals surface area contributed by atoms with Crippen molar-refractivity contribution < 1.29 is 14.3 Å². The molecule has 0 aliphatic rings. The van der Waals surface area contributed by atoms with Crippen molar-refractivity contribution >= 4 is 11.7 Å². The fourth-order valence-electron chi connectivity index (χ4n) is 2.42. The molecule has 1 heterocycles. The van der Waals surface area contributed by atoms with E-state index < -0.39 is 0 Å². The minimum Gasteiger partial charge on any atom is -0.494 e. The molecule has 2 amide bonds. The fourth-order valence-corrected chi connectivity index (χ4v) is 2.42. The van der Waals surface area contributed by atoms with Crippen molar-refractivity contribution in [3.8, 4) is 17.2 Å². The number of ether oxygens (including phenoxy) is 2. The van der Waals surface area contributed by atoms with Gasteiger partial charge in [-0.3, -0.25) is 4.98 Å². The van der Waals surface area contributed by atoms with E-state index in [-0.39, 0.29) is 6.03 Å². The molecule has 138 valence electrons. The second kappa shape index (κ2) is 9.24. The first-order valence-electron chi connectivity index (χ1n) is 8.67. The van der Waals surface area contributed by atoms with Crippen LogP contribution < -0.4 is 20.1 Å². The molecule has 1 aromatic heterocycles. The topological polar surface area (TPSA) is 72.5 Å². The van der Waals surface area contributed by atoms with Crippen LogP contribution in [-0.4, -0.2) is 17.6 Å². The quantitative estimate of drug-likeness (QED) is 0.644. The normalized spacial score (nSPS) is 10.1. The zero-order valence-electron chi connectivity index (χ0n) is 15.0. The van der Waals surface area contributed by atoms with Crippen molar-refractivity contribution in [3.05, 3.63) is 78.6 Å². The molecular weight excluding hydrogens is 342 g/mol. The van der Waals surface area contributed by atoms with Crippen molar-refractivity contribution in [1.82, 2.24) is 10.3 Å². The van der Waals surface area contributed by atoms with Gasteiger partial charge in [-0.1, -0.05) is 12.1 Å². The summed E-state index contributed by atoms with van der Waals surface area (Å²) in [5.41, 5.74) is 1.63. The first-order chi connectivity index (χ1) is 13.2. The molecule has 0 fully saturated rings. The third-order valence-corrected chi connectivity index (χ3v) is 3.66. The van der Waals surface area contributed by atoms with Gasteiger partial charge in [0.25, 0.3) is 0 Å². The highest BCUT2D eigenvalue weighted by atomic mass is 16.5. The number of urea groups is 1. The van der Waals surface area contributed by atoms with E-state index in [2.05, 4.69) is 15.6 Å². The van der Waals surface area contributed by atoms with Crippen LogP contribution in [0.15, 0.2) is 73.1 Å². The Morgan fingerprint density at radius 2 is 1.74 bits per heavy atom. The summed E-state index contributed by atoms with van der Waals surface area (Å²) in [4.78, 5) is 16.0. The van der Waals surface area contributed by atoms with Crippen LogP contribution in [-0.2, 0) is 6.54 Å². The fraction of sp³-hybridized carbons (Fsp3) is 0.143. The predicted molar refractivity (Wildman–Crippen MR) is 104 cm³/mol. The Kier molecular flexibility index (Phi) is 6.25. The highest BCUT2D eigenvalue weighted by Crippen LogP contribution is 2.21. The number of nitrogens with one attached hydrogen (secondary N) is 2. The second-order valence-electron chi connectivity index (χ2n) is 5.70. The molecule has 0 aliphatic carbocycles. The summed E-state index contributed by atoms with van der Waals surface area (Å²) in [6.07, 6.45) is 3.35. The lowest BCUT2D eigenvalue weighted by atomic mass is 10.2. The van der Waals surface area contributed by atoms with Gasteiger partial charge < -0.3 is 20.1 Å². The minimum atomic E-state index is -0.278. The van der Waals surface area contributed by atoms with E-state index in [0.717, 1.165) is 11.3 Å². The van der Waals surface area contributed by atoms with Crippen molar-refractivity contribution in [2.24, 2.45) is 0 Å². The van der Waals surface area contributed by atoms with Gasteiger partial charge in [0, 0.05) is 24.6 Å². The molecule has 2 aromatic carbocycles. The molecular formula is C21H21N3O3. The molecule has 2 N–H and O–H groups in total. The van der Waals surface area contributed by atoms with Crippen molar-refractivity contribution in [2.45, 2.75) is 13.5 Å². The Labute approximate surface area is 158 Å². The minimum absolute atomic E-state index is 0.278. The van der Waals surface area contributed by atoms with Gasteiger partial charge in [0.2, 0.25) is 0 Å². The van der Waals surface area contributed by atoms with Gasteiger partial charge in [0.05, 0.1) is 6.61 Å². The maximum absolute atomic E-state index is 12.1. The average molecular weight is 363 g/mol. The van der Waals surface area contributed by atoms with Crippen LogP contribution in [0.25, 0.3) is 0 Å². The van der Waals surface area contributed by atoms with Gasteiger partial charge in [-0.25, -0.2) is 4.79 Å². The zero-order chi connectivity index (χ0) is 18.9. The van der Waals surface area contributed by atoms with Crippen molar-refractivity contribution in [3.63, 3.8) is 0 Å². The number of pyridine rings is 1. The Morgan fingerprint density at radius 1 is 0.963 bits per heavy atom. The van der Waals surface area contributed by atoms with Crippen molar-refractivity contribution in [1.29, 1.82) is 0 Å². The van der Waals surface area contributed by atoms with E-state index in [1.54, 1.807) is 36.7 Å². The van der Waals surface area contributed by atoms with E-state index in [4.69, 9.17) is 9.47 Å². The maximum Gasteiger partial charge on any atom is 0.319 e. The van der Waals surface area contributed by atoms with Crippen LogP contribution in [0.4, 0.5) is 10.5 Å². The smallest absolute Gasteiger partial charge is 0.319 e. The summed E-state index contributed by atoms with van der Waals surface area (Å²) >= 11 is 0.